The summed E-state index contributed by atoms with van der Waals surface area (Å²) >= 11 is 0. The Balaban J connectivity index is -0.000000264. The van der Waals surface area contributed by atoms with Gasteiger partial charge in [-0.15, -0.1) is 0 Å². The molecule has 0 atom stereocenters. The van der Waals surface area contributed by atoms with Crippen molar-refractivity contribution in [3.05, 3.63) is 85.1 Å². The molecule has 0 aliphatic carbocycles. The van der Waals surface area contributed by atoms with Gasteiger partial charge in [0, 0.05) is 0 Å². The second-order valence-electron chi connectivity index (χ2n) is 3.12. The first-order chi connectivity index (χ1) is 9.78. The normalized spacial score (nSPS) is 11.3. The Morgan fingerprint density at radius 1 is 0.714 bits per heavy atom. The monoisotopic (exact) mass is 288 g/mol. The van der Waals surface area contributed by atoms with Gasteiger partial charge in [0.2, 0.25) is 0 Å². The molecule has 0 saturated heterocycles. The van der Waals surface area contributed by atoms with Crippen LogP contribution in [-0.4, -0.2) is 0 Å². The second kappa shape index (κ2) is 26.7. The molecule has 0 aromatic heterocycles. The molecule has 0 radical (unpaired) electrons. The van der Waals surface area contributed by atoms with E-state index in [2.05, 4.69) is 31.4 Å². The minimum Gasteiger partial charge on any atom is -0.0991 e. The maximum absolute atomic E-state index is 3.69. The van der Waals surface area contributed by atoms with Gasteiger partial charge in [-0.2, -0.15) is 0 Å². The van der Waals surface area contributed by atoms with Crippen molar-refractivity contribution in [1.82, 2.24) is 0 Å². The highest BCUT2D eigenvalue weighted by molar-refractivity contribution is 5.40. The van der Waals surface area contributed by atoms with Crippen LogP contribution in [0.25, 0.3) is 0 Å². The SMILES string of the molecule is C.C=C\C=C/C(/C=C/C(/C=C\C)=C/C=C)=C\C.CC.CC. The molecule has 0 saturated carbocycles. The molecule has 0 N–H and O–H groups in total. The number of hydrogen-bond donors (Lipinski definition) is 0. The van der Waals surface area contributed by atoms with Gasteiger partial charge in [-0.3, -0.25) is 0 Å². The predicted octanol–water partition coefficient (Wildman–Crippen LogP) is 7.61. The van der Waals surface area contributed by atoms with Crippen LogP contribution in [0.2, 0.25) is 0 Å². The van der Waals surface area contributed by atoms with Crippen molar-refractivity contribution in [3.8, 4) is 0 Å². The maximum Gasteiger partial charge on any atom is -0.0260 e. The molecule has 0 heteroatoms. The van der Waals surface area contributed by atoms with Crippen LogP contribution in [0, 0.1) is 0 Å². The summed E-state index contributed by atoms with van der Waals surface area (Å²) in [5.41, 5.74) is 2.28. The van der Waals surface area contributed by atoms with E-state index in [-0.39, 0.29) is 7.43 Å². The third-order valence-corrected chi connectivity index (χ3v) is 1.90. The Hall–Kier alpha value is -1.82. The number of allylic oxidation sites excluding steroid dienone is 12. The van der Waals surface area contributed by atoms with Crippen LogP contribution in [0.1, 0.15) is 49.0 Å². The molecule has 120 valence electrons. The van der Waals surface area contributed by atoms with Gasteiger partial charge in [-0.25, -0.2) is 0 Å². The quantitative estimate of drug-likeness (QED) is 0.441. The highest BCUT2D eigenvalue weighted by Gasteiger charge is 1.85. The van der Waals surface area contributed by atoms with Gasteiger partial charge in [0.05, 0.1) is 0 Å². The fraction of sp³-hybridized carbons (Fsp3) is 0.333. The van der Waals surface area contributed by atoms with Gasteiger partial charge in [0.1, 0.15) is 0 Å². The minimum atomic E-state index is 0. The molecular weight excluding hydrogens is 252 g/mol. The lowest BCUT2D eigenvalue weighted by Crippen LogP contribution is -1.73. The summed E-state index contributed by atoms with van der Waals surface area (Å²) in [7, 11) is 0. The summed E-state index contributed by atoms with van der Waals surface area (Å²) in [6.45, 7) is 19.4. The first kappa shape index (κ1) is 27.5. The summed E-state index contributed by atoms with van der Waals surface area (Å²) in [5, 5.41) is 0. The third-order valence-electron chi connectivity index (χ3n) is 1.90. The Bertz CT molecular complexity index is 357. The lowest BCUT2D eigenvalue weighted by Gasteiger charge is -1.94. The van der Waals surface area contributed by atoms with Gasteiger partial charge in [-0.1, -0.05) is 109 Å². The highest BCUT2D eigenvalue weighted by Crippen LogP contribution is 2.05. The van der Waals surface area contributed by atoms with Crippen molar-refractivity contribution in [3.63, 3.8) is 0 Å². The van der Waals surface area contributed by atoms with E-state index in [0.717, 1.165) is 11.1 Å². The molecule has 21 heavy (non-hydrogen) atoms. The molecule has 0 rings (SSSR count). The van der Waals surface area contributed by atoms with Gasteiger partial charge >= 0.3 is 0 Å². The first-order valence-corrected chi connectivity index (χ1v) is 7.37. The third kappa shape index (κ3) is 20.7. The average Bonchev–Trinajstić information content (AvgIpc) is 2.52. The summed E-state index contributed by atoms with van der Waals surface area (Å²) < 4.78 is 0. The zero-order valence-electron chi connectivity index (χ0n) is 14.2. The van der Waals surface area contributed by atoms with Gasteiger partial charge < -0.3 is 0 Å². The lowest BCUT2D eigenvalue weighted by atomic mass is 10.1. The predicted molar refractivity (Wildman–Crippen MR) is 105 cm³/mol. The molecule has 0 bridgehead atoms. The molecule has 0 fully saturated rings. The van der Waals surface area contributed by atoms with Crippen LogP contribution < -0.4 is 0 Å². The molecule has 0 aromatic rings. The Morgan fingerprint density at radius 2 is 1.24 bits per heavy atom. The second-order valence-corrected chi connectivity index (χ2v) is 3.12. The van der Waals surface area contributed by atoms with Crippen molar-refractivity contribution in [2.75, 3.05) is 0 Å². The topological polar surface area (TPSA) is 0 Å². The molecule has 0 spiro atoms. The Kier molecular flexibility index (Phi) is 35.0. The smallest absolute Gasteiger partial charge is 0.0260 e. The molecule has 0 aliphatic heterocycles. The van der Waals surface area contributed by atoms with Crippen LogP contribution in [0.3, 0.4) is 0 Å². The Labute approximate surface area is 134 Å². The van der Waals surface area contributed by atoms with Crippen LogP contribution >= 0.6 is 0 Å². The average molecular weight is 289 g/mol. The van der Waals surface area contributed by atoms with Gasteiger partial charge in [0.15, 0.2) is 0 Å². The van der Waals surface area contributed by atoms with E-state index in [4.69, 9.17) is 0 Å². The van der Waals surface area contributed by atoms with E-state index in [1.807, 2.05) is 71.9 Å². The van der Waals surface area contributed by atoms with Crippen LogP contribution in [0.5, 0.6) is 0 Å². The van der Waals surface area contributed by atoms with Crippen molar-refractivity contribution in [2.24, 2.45) is 0 Å². The van der Waals surface area contributed by atoms with Gasteiger partial charge in [0.25, 0.3) is 0 Å². The lowest BCUT2D eigenvalue weighted by molar-refractivity contribution is 1.50. The summed E-state index contributed by atoms with van der Waals surface area (Å²) in [6, 6.07) is 0. The number of hydrogen-bond acceptors (Lipinski definition) is 0. The zero-order valence-corrected chi connectivity index (χ0v) is 14.2. The van der Waals surface area contributed by atoms with E-state index in [1.54, 1.807) is 12.2 Å². The van der Waals surface area contributed by atoms with Crippen LogP contribution in [0.4, 0.5) is 0 Å². The standard InChI is InChI=1S/C16H20.2C2H6.CH4/c1-5-9-12-15(8-4)13-14-16(10-6-2)11-7-3;2*1-2;/h5-14H,1-2H2,3-4H3;2*1-2H3;1H4/b11-7-,12-9-,14-13+,15-8+,16-10+;;;. The molecule has 0 aromatic carbocycles. The molecule has 0 nitrogen and oxygen atoms in total. The van der Waals surface area contributed by atoms with E-state index in [0.29, 0.717) is 0 Å². The van der Waals surface area contributed by atoms with E-state index in [1.165, 1.54) is 0 Å². The van der Waals surface area contributed by atoms with Crippen molar-refractivity contribution >= 4 is 0 Å². The van der Waals surface area contributed by atoms with E-state index < -0.39 is 0 Å². The Morgan fingerprint density at radius 3 is 1.62 bits per heavy atom. The summed E-state index contributed by atoms with van der Waals surface area (Å²) in [4.78, 5) is 0. The zero-order chi connectivity index (χ0) is 16.2. The van der Waals surface area contributed by atoms with E-state index >= 15 is 0 Å². The first-order valence-electron chi connectivity index (χ1n) is 7.37. The van der Waals surface area contributed by atoms with Gasteiger partial charge in [-0.05, 0) is 25.0 Å². The van der Waals surface area contributed by atoms with Crippen LogP contribution in [-0.2, 0) is 0 Å². The fourth-order valence-corrected chi connectivity index (χ4v) is 1.11. The number of rotatable bonds is 6. The van der Waals surface area contributed by atoms with Crippen molar-refractivity contribution < 1.29 is 0 Å². The molecule has 0 aliphatic rings. The molecule has 0 amide bonds. The minimum absolute atomic E-state index is 0. The van der Waals surface area contributed by atoms with E-state index in [9.17, 15) is 0 Å². The van der Waals surface area contributed by atoms with Crippen molar-refractivity contribution in [2.45, 2.75) is 49.0 Å². The maximum atomic E-state index is 3.69. The summed E-state index contributed by atoms with van der Waals surface area (Å²) in [5.74, 6) is 0. The molecule has 0 unspecified atom stereocenters. The molecular formula is C21H36. The largest absolute Gasteiger partial charge is 0.0991 e. The van der Waals surface area contributed by atoms with Crippen molar-refractivity contribution in [1.29, 1.82) is 0 Å². The fourth-order valence-electron chi connectivity index (χ4n) is 1.11. The molecule has 0 heterocycles. The van der Waals surface area contributed by atoms with Crippen LogP contribution in [0.15, 0.2) is 85.1 Å². The summed E-state index contributed by atoms with van der Waals surface area (Å²) in [6.07, 6.45) is 19.7. The highest BCUT2D eigenvalue weighted by atomic mass is 13.9.